The summed E-state index contributed by atoms with van der Waals surface area (Å²) in [6.07, 6.45) is 3.08. The third kappa shape index (κ3) is 7.01. The summed E-state index contributed by atoms with van der Waals surface area (Å²) >= 11 is 0. The second kappa shape index (κ2) is 9.53. The van der Waals surface area contributed by atoms with Gasteiger partial charge in [0.15, 0.2) is 0 Å². The quantitative estimate of drug-likeness (QED) is 0.681. The third-order valence-electron chi connectivity index (χ3n) is 4.21. The van der Waals surface area contributed by atoms with E-state index >= 15 is 0 Å². The predicted octanol–water partition coefficient (Wildman–Crippen LogP) is 1.63. The van der Waals surface area contributed by atoms with Gasteiger partial charge in [0.1, 0.15) is 18.5 Å². The van der Waals surface area contributed by atoms with E-state index in [0.717, 1.165) is 43.7 Å². The number of aryl methyl sites for hydroxylation is 1. The molecule has 0 aliphatic carbocycles. The zero-order valence-corrected chi connectivity index (χ0v) is 13.9. The average Bonchev–Trinajstić information content (AvgIpc) is 2.57. The normalized spacial score (nSPS) is 16.8. The number of nitrogens with one attached hydrogen (secondary N) is 2. The molecule has 23 heavy (non-hydrogen) atoms. The molecule has 0 aromatic heterocycles. The van der Waals surface area contributed by atoms with Crippen LogP contribution in [0.1, 0.15) is 31.2 Å². The van der Waals surface area contributed by atoms with Gasteiger partial charge in [0.2, 0.25) is 5.91 Å². The Balaban J connectivity index is 1.57. The van der Waals surface area contributed by atoms with Gasteiger partial charge in [-0.3, -0.25) is 4.79 Å². The summed E-state index contributed by atoms with van der Waals surface area (Å²) in [4.78, 5) is 11.8. The number of carbonyl (C=O) groups excluding carboxylic acids is 1. The first-order valence-corrected chi connectivity index (χ1v) is 8.48. The number of amides is 1. The van der Waals surface area contributed by atoms with E-state index in [1.807, 2.05) is 31.2 Å². The Morgan fingerprint density at radius 3 is 2.96 bits per heavy atom. The van der Waals surface area contributed by atoms with Crippen molar-refractivity contribution in [3.63, 3.8) is 0 Å². The van der Waals surface area contributed by atoms with Crippen LogP contribution in [0.3, 0.4) is 0 Å². The van der Waals surface area contributed by atoms with Gasteiger partial charge in [0.25, 0.3) is 0 Å². The highest BCUT2D eigenvalue weighted by Crippen LogP contribution is 2.17. The van der Waals surface area contributed by atoms with E-state index in [-0.39, 0.29) is 19.1 Å². The standard InChI is InChI=1S/C18H28N2O3/c1-14-3-2-4-17(11-14)23-13-16(21)12-20-18(22)6-5-15-7-9-19-10-8-15/h2-4,11,15-16,19,21H,5-10,12-13H2,1H3,(H,20,22). The molecule has 1 aliphatic heterocycles. The first-order chi connectivity index (χ1) is 11.1. The molecular weight excluding hydrogens is 292 g/mol. The number of ether oxygens (including phenoxy) is 1. The first-order valence-electron chi connectivity index (χ1n) is 8.48. The molecular formula is C18H28N2O3. The number of aliphatic hydroxyl groups excluding tert-OH is 1. The van der Waals surface area contributed by atoms with Gasteiger partial charge in [-0.1, -0.05) is 12.1 Å². The molecule has 5 nitrogen and oxygen atoms in total. The summed E-state index contributed by atoms with van der Waals surface area (Å²) in [5.74, 6) is 1.40. The summed E-state index contributed by atoms with van der Waals surface area (Å²) in [7, 11) is 0. The van der Waals surface area contributed by atoms with Crippen molar-refractivity contribution in [2.75, 3.05) is 26.2 Å². The van der Waals surface area contributed by atoms with Crippen LogP contribution < -0.4 is 15.4 Å². The minimum Gasteiger partial charge on any atom is -0.491 e. The summed E-state index contributed by atoms with van der Waals surface area (Å²) in [5, 5.41) is 16.0. The summed E-state index contributed by atoms with van der Waals surface area (Å²) in [6, 6.07) is 7.69. The smallest absolute Gasteiger partial charge is 0.220 e. The molecule has 5 heteroatoms. The Kier molecular flexibility index (Phi) is 7.36. The molecule has 1 amide bonds. The maximum Gasteiger partial charge on any atom is 0.220 e. The van der Waals surface area contributed by atoms with Crippen LogP contribution in [0.4, 0.5) is 0 Å². The van der Waals surface area contributed by atoms with Crippen molar-refractivity contribution in [2.45, 2.75) is 38.7 Å². The molecule has 1 atom stereocenters. The Hall–Kier alpha value is -1.59. The second-order valence-electron chi connectivity index (χ2n) is 6.32. The molecule has 1 aliphatic rings. The van der Waals surface area contributed by atoms with Crippen LogP contribution in [0.15, 0.2) is 24.3 Å². The van der Waals surface area contributed by atoms with Gasteiger partial charge in [0.05, 0.1) is 0 Å². The molecule has 0 spiro atoms. The van der Waals surface area contributed by atoms with Gasteiger partial charge in [0, 0.05) is 13.0 Å². The lowest BCUT2D eigenvalue weighted by atomic mass is 9.93. The number of benzene rings is 1. The van der Waals surface area contributed by atoms with Crippen molar-refractivity contribution in [1.82, 2.24) is 10.6 Å². The molecule has 1 aromatic carbocycles. The molecule has 1 saturated heterocycles. The number of rotatable bonds is 8. The maximum absolute atomic E-state index is 11.8. The van der Waals surface area contributed by atoms with E-state index < -0.39 is 6.10 Å². The Labute approximate surface area is 138 Å². The number of hydrogen-bond donors (Lipinski definition) is 3. The van der Waals surface area contributed by atoms with Gasteiger partial charge in [-0.25, -0.2) is 0 Å². The lowest BCUT2D eigenvalue weighted by Crippen LogP contribution is -2.35. The monoisotopic (exact) mass is 320 g/mol. The second-order valence-corrected chi connectivity index (χ2v) is 6.32. The lowest BCUT2D eigenvalue weighted by molar-refractivity contribution is -0.122. The molecule has 2 rings (SSSR count). The highest BCUT2D eigenvalue weighted by atomic mass is 16.5. The zero-order chi connectivity index (χ0) is 16.5. The average molecular weight is 320 g/mol. The zero-order valence-electron chi connectivity index (χ0n) is 13.9. The fourth-order valence-corrected chi connectivity index (χ4v) is 2.78. The van der Waals surface area contributed by atoms with E-state index in [0.29, 0.717) is 12.3 Å². The summed E-state index contributed by atoms with van der Waals surface area (Å²) < 4.78 is 5.53. The van der Waals surface area contributed by atoms with Crippen molar-refractivity contribution in [3.05, 3.63) is 29.8 Å². The van der Waals surface area contributed by atoms with Crippen LogP contribution in [0.5, 0.6) is 5.75 Å². The van der Waals surface area contributed by atoms with Crippen molar-refractivity contribution < 1.29 is 14.6 Å². The predicted molar refractivity (Wildman–Crippen MR) is 90.5 cm³/mol. The molecule has 1 unspecified atom stereocenters. The summed E-state index contributed by atoms with van der Waals surface area (Å²) in [5.41, 5.74) is 1.11. The Morgan fingerprint density at radius 1 is 1.43 bits per heavy atom. The molecule has 0 radical (unpaired) electrons. The highest BCUT2D eigenvalue weighted by Gasteiger charge is 2.15. The van der Waals surface area contributed by atoms with Gasteiger partial charge in [-0.05, 0) is 62.9 Å². The fourth-order valence-electron chi connectivity index (χ4n) is 2.78. The van der Waals surface area contributed by atoms with Crippen molar-refractivity contribution in [2.24, 2.45) is 5.92 Å². The summed E-state index contributed by atoms with van der Waals surface area (Å²) in [6.45, 7) is 4.52. The molecule has 1 heterocycles. The Bertz CT molecular complexity index is 487. The van der Waals surface area contributed by atoms with E-state index in [9.17, 15) is 9.90 Å². The van der Waals surface area contributed by atoms with Crippen LogP contribution in [0, 0.1) is 12.8 Å². The van der Waals surface area contributed by atoms with E-state index in [4.69, 9.17) is 4.74 Å². The van der Waals surface area contributed by atoms with Crippen molar-refractivity contribution in [3.8, 4) is 5.75 Å². The molecule has 3 N–H and O–H groups in total. The molecule has 1 aromatic rings. The van der Waals surface area contributed by atoms with Crippen molar-refractivity contribution in [1.29, 1.82) is 0 Å². The molecule has 1 fully saturated rings. The Morgan fingerprint density at radius 2 is 2.22 bits per heavy atom. The maximum atomic E-state index is 11.8. The minimum atomic E-state index is -0.696. The molecule has 0 bridgehead atoms. The van der Waals surface area contributed by atoms with Gasteiger partial charge in [-0.2, -0.15) is 0 Å². The van der Waals surface area contributed by atoms with E-state index in [2.05, 4.69) is 10.6 Å². The van der Waals surface area contributed by atoms with Crippen LogP contribution in [-0.4, -0.2) is 43.4 Å². The minimum absolute atomic E-state index is 0.0122. The SMILES string of the molecule is Cc1cccc(OCC(O)CNC(=O)CCC2CCNCC2)c1. The van der Waals surface area contributed by atoms with Crippen LogP contribution in [0.2, 0.25) is 0 Å². The van der Waals surface area contributed by atoms with Crippen LogP contribution >= 0.6 is 0 Å². The fraction of sp³-hybridized carbons (Fsp3) is 0.611. The molecule has 128 valence electrons. The van der Waals surface area contributed by atoms with E-state index in [1.165, 1.54) is 0 Å². The number of piperidine rings is 1. The number of carbonyl (C=O) groups is 1. The number of hydrogen-bond acceptors (Lipinski definition) is 4. The van der Waals surface area contributed by atoms with Gasteiger partial charge < -0.3 is 20.5 Å². The number of aliphatic hydroxyl groups is 1. The van der Waals surface area contributed by atoms with Crippen LogP contribution in [-0.2, 0) is 4.79 Å². The van der Waals surface area contributed by atoms with Crippen molar-refractivity contribution >= 4 is 5.91 Å². The first kappa shape index (κ1) is 17.8. The topological polar surface area (TPSA) is 70.6 Å². The third-order valence-corrected chi connectivity index (χ3v) is 4.21. The van der Waals surface area contributed by atoms with Gasteiger partial charge >= 0.3 is 0 Å². The van der Waals surface area contributed by atoms with Gasteiger partial charge in [-0.15, -0.1) is 0 Å². The largest absolute Gasteiger partial charge is 0.491 e. The molecule has 0 saturated carbocycles. The van der Waals surface area contributed by atoms with E-state index in [1.54, 1.807) is 0 Å². The lowest BCUT2D eigenvalue weighted by Gasteiger charge is -2.22. The highest BCUT2D eigenvalue weighted by molar-refractivity contribution is 5.75. The van der Waals surface area contributed by atoms with Crippen LogP contribution in [0.25, 0.3) is 0 Å².